The molecule has 0 atom stereocenters. The van der Waals surface area contributed by atoms with Gasteiger partial charge in [0.2, 0.25) is 11.9 Å². The topological polar surface area (TPSA) is 85.8 Å². The van der Waals surface area contributed by atoms with E-state index in [0.717, 1.165) is 24.6 Å². The molecule has 0 aromatic carbocycles. The van der Waals surface area contributed by atoms with Crippen molar-refractivity contribution in [2.45, 2.75) is 0 Å². The fourth-order valence-electron chi connectivity index (χ4n) is 1.76. The zero-order valence-corrected chi connectivity index (χ0v) is 10.5. The molecule has 2 aromatic rings. The molecule has 0 spiro atoms. The lowest BCUT2D eigenvalue weighted by Crippen LogP contribution is -2.34. The molecule has 8 heteroatoms. The Morgan fingerprint density at radius 1 is 1.11 bits per heavy atom. The summed E-state index contributed by atoms with van der Waals surface area (Å²) in [5, 5.41) is 4.10. The molecule has 0 bridgehead atoms. The van der Waals surface area contributed by atoms with Crippen molar-refractivity contribution in [2.75, 3.05) is 35.2 Å². The first-order valence-corrected chi connectivity index (χ1v) is 6.83. The monoisotopic (exact) mass is 263 g/mol. The maximum absolute atomic E-state index is 5.74. The summed E-state index contributed by atoms with van der Waals surface area (Å²) >= 11 is 1.94. The van der Waals surface area contributed by atoms with Crippen LogP contribution >= 0.6 is 11.8 Å². The van der Waals surface area contributed by atoms with Crippen LogP contribution < -0.4 is 10.6 Å². The highest BCUT2D eigenvalue weighted by Gasteiger charge is 2.16. The molecule has 0 saturated carbocycles. The van der Waals surface area contributed by atoms with E-state index in [1.54, 1.807) is 17.1 Å². The Morgan fingerprint density at radius 2 is 1.89 bits per heavy atom. The number of anilines is 2. The highest BCUT2D eigenvalue weighted by Crippen LogP contribution is 2.16. The molecule has 1 saturated heterocycles. The second kappa shape index (κ2) is 4.81. The van der Waals surface area contributed by atoms with E-state index in [0.29, 0.717) is 11.9 Å². The third-order valence-electron chi connectivity index (χ3n) is 2.63. The number of nitrogens with two attached hydrogens (primary N) is 1. The van der Waals surface area contributed by atoms with Gasteiger partial charge in [0, 0.05) is 37.0 Å². The second-order valence-corrected chi connectivity index (χ2v) is 5.07. The molecule has 0 aliphatic carbocycles. The van der Waals surface area contributed by atoms with E-state index < -0.39 is 0 Å². The standard InChI is InChI=1S/C10H13N7S/c11-8-13-9(16-4-6-18-7-5-16)15-10(14-8)17-3-1-2-12-17/h1-3H,4-7H2,(H2,11,13,14,15). The van der Waals surface area contributed by atoms with Gasteiger partial charge in [-0.2, -0.15) is 31.8 Å². The van der Waals surface area contributed by atoms with Crippen LogP contribution in [0.15, 0.2) is 18.5 Å². The molecule has 18 heavy (non-hydrogen) atoms. The zero-order valence-electron chi connectivity index (χ0n) is 9.73. The molecule has 3 rings (SSSR count). The van der Waals surface area contributed by atoms with Crippen LogP contribution in [0.3, 0.4) is 0 Å². The molecule has 7 nitrogen and oxygen atoms in total. The fourth-order valence-corrected chi connectivity index (χ4v) is 2.67. The first-order chi connectivity index (χ1) is 8.83. The van der Waals surface area contributed by atoms with Gasteiger partial charge < -0.3 is 10.6 Å². The first kappa shape index (κ1) is 11.3. The Kier molecular flexibility index (Phi) is 3.01. The van der Waals surface area contributed by atoms with Crippen LogP contribution in [0.25, 0.3) is 5.95 Å². The van der Waals surface area contributed by atoms with E-state index in [2.05, 4.69) is 25.0 Å². The smallest absolute Gasteiger partial charge is 0.257 e. The number of rotatable bonds is 2. The van der Waals surface area contributed by atoms with Crippen molar-refractivity contribution in [1.29, 1.82) is 0 Å². The fraction of sp³-hybridized carbons (Fsp3) is 0.400. The second-order valence-electron chi connectivity index (χ2n) is 3.84. The lowest BCUT2D eigenvalue weighted by atomic mass is 10.5. The zero-order chi connectivity index (χ0) is 12.4. The van der Waals surface area contributed by atoms with E-state index >= 15 is 0 Å². The number of hydrogen-bond acceptors (Lipinski definition) is 7. The third-order valence-corrected chi connectivity index (χ3v) is 3.57. The lowest BCUT2D eigenvalue weighted by Gasteiger charge is -2.26. The highest BCUT2D eigenvalue weighted by atomic mass is 32.2. The Balaban J connectivity index is 1.95. The normalized spacial score (nSPS) is 15.9. The van der Waals surface area contributed by atoms with Gasteiger partial charge in [0.1, 0.15) is 0 Å². The molecular weight excluding hydrogens is 250 g/mol. The molecule has 94 valence electrons. The van der Waals surface area contributed by atoms with Crippen LogP contribution in [-0.4, -0.2) is 49.3 Å². The minimum atomic E-state index is 0.226. The maximum atomic E-state index is 5.74. The summed E-state index contributed by atoms with van der Waals surface area (Å²) in [4.78, 5) is 14.8. The van der Waals surface area contributed by atoms with Gasteiger partial charge in [-0.3, -0.25) is 0 Å². The van der Waals surface area contributed by atoms with Crippen molar-refractivity contribution in [3.63, 3.8) is 0 Å². The maximum Gasteiger partial charge on any atom is 0.257 e. The molecule has 1 aliphatic heterocycles. The van der Waals surface area contributed by atoms with Crippen molar-refractivity contribution in [3.8, 4) is 5.95 Å². The van der Waals surface area contributed by atoms with Crippen molar-refractivity contribution in [3.05, 3.63) is 18.5 Å². The van der Waals surface area contributed by atoms with Crippen LogP contribution in [-0.2, 0) is 0 Å². The van der Waals surface area contributed by atoms with Gasteiger partial charge in [-0.15, -0.1) is 0 Å². The molecule has 0 radical (unpaired) electrons. The SMILES string of the molecule is Nc1nc(N2CCSCC2)nc(-n2cccn2)n1. The van der Waals surface area contributed by atoms with Gasteiger partial charge in [0.15, 0.2) is 0 Å². The molecular formula is C10H13N7S. The van der Waals surface area contributed by atoms with E-state index in [1.807, 2.05) is 17.8 Å². The van der Waals surface area contributed by atoms with Crippen LogP contribution in [0.2, 0.25) is 0 Å². The summed E-state index contributed by atoms with van der Waals surface area (Å²) < 4.78 is 1.58. The predicted molar refractivity (Wildman–Crippen MR) is 70.9 cm³/mol. The van der Waals surface area contributed by atoms with E-state index in [9.17, 15) is 0 Å². The van der Waals surface area contributed by atoms with Gasteiger partial charge >= 0.3 is 0 Å². The third kappa shape index (κ3) is 2.23. The van der Waals surface area contributed by atoms with Gasteiger partial charge in [0.25, 0.3) is 5.95 Å². The Labute approximate surface area is 108 Å². The molecule has 0 unspecified atom stereocenters. The summed E-state index contributed by atoms with van der Waals surface area (Å²) in [5.74, 6) is 3.49. The lowest BCUT2D eigenvalue weighted by molar-refractivity contribution is 0.763. The molecule has 2 aromatic heterocycles. The van der Waals surface area contributed by atoms with Crippen LogP contribution in [0.1, 0.15) is 0 Å². The quantitative estimate of drug-likeness (QED) is 0.827. The molecule has 0 amide bonds. The van der Waals surface area contributed by atoms with Crippen LogP contribution in [0.4, 0.5) is 11.9 Å². The predicted octanol–water partition coefficient (Wildman–Crippen LogP) is 0.193. The van der Waals surface area contributed by atoms with Crippen molar-refractivity contribution in [1.82, 2.24) is 24.7 Å². The van der Waals surface area contributed by atoms with Crippen LogP contribution in [0.5, 0.6) is 0 Å². The van der Waals surface area contributed by atoms with Gasteiger partial charge in [-0.1, -0.05) is 0 Å². The molecule has 3 heterocycles. The minimum Gasteiger partial charge on any atom is -0.368 e. The average Bonchev–Trinajstić information content (AvgIpc) is 2.93. The number of nitrogen functional groups attached to an aromatic ring is 1. The first-order valence-electron chi connectivity index (χ1n) is 5.67. The Bertz CT molecular complexity index is 521. The van der Waals surface area contributed by atoms with Gasteiger partial charge in [0.05, 0.1) is 0 Å². The number of hydrogen-bond donors (Lipinski definition) is 1. The van der Waals surface area contributed by atoms with Gasteiger partial charge in [-0.05, 0) is 6.07 Å². The molecule has 1 fully saturated rings. The van der Waals surface area contributed by atoms with Gasteiger partial charge in [-0.25, -0.2) is 4.68 Å². The number of nitrogens with zero attached hydrogens (tertiary/aromatic N) is 6. The summed E-state index contributed by atoms with van der Waals surface area (Å²) in [5.41, 5.74) is 5.74. The van der Waals surface area contributed by atoms with E-state index in [-0.39, 0.29) is 5.95 Å². The minimum absolute atomic E-state index is 0.226. The van der Waals surface area contributed by atoms with Crippen molar-refractivity contribution in [2.24, 2.45) is 0 Å². The van der Waals surface area contributed by atoms with E-state index in [4.69, 9.17) is 5.73 Å². The Morgan fingerprint density at radius 3 is 2.61 bits per heavy atom. The number of aromatic nitrogens is 5. The summed E-state index contributed by atoms with van der Waals surface area (Å²) in [6, 6.07) is 1.82. The largest absolute Gasteiger partial charge is 0.368 e. The van der Waals surface area contributed by atoms with Crippen LogP contribution in [0, 0.1) is 0 Å². The van der Waals surface area contributed by atoms with Crippen molar-refractivity contribution >= 4 is 23.7 Å². The Hall–Kier alpha value is -1.83. The summed E-state index contributed by atoms with van der Waals surface area (Å²) in [7, 11) is 0. The highest BCUT2D eigenvalue weighted by molar-refractivity contribution is 7.99. The molecule has 2 N–H and O–H groups in total. The molecule has 1 aliphatic rings. The summed E-state index contributed by atoms with van der Waals surface area (Å²) in [6.45, 7) is 1.87. The number of thioether (sulfide) groups is 1. The van der Waals surface area contributed by atoms with E-state index in [1.165, 1.54) is 0 Å². The summed E-state index contributed by atoms with van der Waals surface area (Å²) in [6.07, 6.45) is 3.46. The van der Waals surface area contributed by atoms with Crippen molar-refractivity contribution < 1.29 is 0 Å². The average molecular weight is 263 g/mol.